The quantitative estimate of drug-likeness (QED) is 0.463. The summed E-state index contributed by atoms with van der Waals surface area (Å²) in [5, 5.41) is 8.11. The highest BCUT2D eigenvalue weighted by molar-refractivity contribution is 6.08. The Bertz CT molecular complexity index is 1230. The average Bonchev–Trinajstić information content (AvgIpc) is 3.31. The molecule has 3 aromatic rings. The lowest BCUT2D eigenvalue weighted by Crippen LogP contribution is -2.35. The third-order valence-corrected chi connectivity index (χ3v) is 6.58. The zero-order chi connectivity index (χ0) is 24.9. The van der Waals surface area contributed by atoms with E-state index in [2.05, 4.69) is 66.1 Å². The summed E-state index contributed by atoms with van der Waals surface area (Å²) in [6.45, 7) is 12.2. The number of ether oxygens (including phenoxy) is 1. The molecule has 2 heterocycles. The number of nitrogens with two attached hydrogens (primary N) is 1. The summed E-state index contributed by atoms with van der Waals surface area (Å²) in [5.41, 5.74) is 10.00. The van der Waals surface area contributed by atoms with Gasteiger partial charge in [0.1, 0.15) is 0 Å². The van der Waals surface area contributed by atoms with Crippen LogP contribution in [0.1, 0.15) is 42.2 Å². The van der Waals surface area contributed by atoms with E-state index in [0.717, 1.165) is 61.3 Å². The van der Waals surface area contributed by atoms with Gasteiger partial charge in [0.15, 0.2) is 0 Å². The van der Waals surface area contributed by atoms with E-state index in [1.54, 1.807) is 6.20 Å². The summed E-state index contributed by atoms with van der Waals surface area (Å²) in [4.78, 5) is 26.8. The van der Waals surface area contributed by atoms with Crippen LogP contribution < -0.4 is 11.1 Å². The first-order chi connectivity index (χ1) is 16.9. The van der Waals surface area contributed by atoms with Crippen molar-refractivity contribution < 1.29 is 14.3 Å². The van der Waals surface area contributed by atoms with Crippen LogP contribution in [0.5, 0.6) is 0 Å². The maximum atomic E-state index is 13.1. The molecule has 0 aliphatic carbocycles. The number of aromatic nitrogens is 2. The molecule has 1 aliphatic rings. The van der Waals surface area contributed by atoms with Gasteiger partial charge in [-0.1, -0.05) is 37.8 Å². The molecule has 8 nitrogen and oxygen atoms in total. The van der Waals surface area contributed by atoms with E-state index in [9.17, 15) is 9.59 Å². The highest BCUT2D eigenvalue weighted by Crippen LogP contribution is 2.30. The number of carbonyl (C=O) groups is 2. The van der Waals surface area contributed by atoms with Crippen LogP contribution in [0.4, 0.5) is 0 Å². The minimum absolute atomic E-state index is 0.00434. The van der Waals surface area contributed by atoms with Crippen LogP contribution in [0, 0.1) is 0 Å². The lowest BCUT2D eigenvalue weighted by Gasteiger charge is -2.26. The Morgan fingerprint density at radius 1 is 1.17 bits per heavy atom. The molecule has 3 N–H and O–H groups in total. The van der Waals surface area contributed by atoms with Gasteiger partial charge in [-0.25, -0.2) is 0 Å². The number of hydrogen-bond donors (Lipinski definition) is 2. The summed E-state index contributed by atoms with van der Waals surface area (Å²) in [7, 11) is 0. The predicted molar refractivity (Wildman–Crippen MR) is 137 cm³/mol. The molecule has 8 heteroatoms. The monoisotopic (exact) mass is 475 g/mol. The third kappa shape index (κ3) is 5.61. The molecule has 1 atom stereocenters. The van der Waals surface area contributed by atoms with Crippen molar-refractivity contribution in [3.05, 3.63) is 65.9 Å². The van der Waals surface area contributed by atoms with Gasteiger partial charge in [0, 0.05) is 43.2 Å². The summed E-state index contributed by atoms with van der Waals surface area (Å²) < 4.78 is 7.40. The van der Waals surface area contributed by atoms with E-state index in [1.807, 2.05) is 10.7 Å². The van der Waals surface area contributed by atoms with Crippen molar-refractivity contribution in [3.63, 3.8) is 0 Å². The van der Waals surface area contributed by atoms with Crippen molar-refractivity contribution in [1.82, 2.24) is 20.0 Å². The molecular weight excluding hydrogens is 442 g/mol. The largest absolute Gasteiger partial charge is 0.379 e. The number of morpholine rings is 1. The third-order valence-electron chi connectivity index (χ3n) is 6.58. The van der Waals surface area contributed by atoms with Crippen molar-refractivity contribution in [2.75, 3.05) is 32.8 Å². The number of amides is 2. The molecule has 1 saturated heterocycles. The van der Waals surface area contributed by atoms with Gasteiger partial charge in [0.25, 0.3) is 5.91 Å². The fourth-order valence-corrected chi connectivity index (χ4v) is 4.21. The lowest BCUT2D eigenvalue weighted by molar-refractivity contribution is -0.114. The van der Waals surface area contributed by atoms with Gasteiger partial charge in [0.05, 0.1) is 30.5 Å². The first-order valence-corrected chi connectivity index (χ1v) is 12.0. The van der Waals surface area contributed by atoms with Gasteiger partial charge in [-0.2, -0.15) is 5.10 Å². The second-order valence-corrected chi connectivity index (χ2v) is 9.04. The second kappa shape index (κ2) is 10.8. The maximum absolute atomic E-state index is 13.1. The number of fused-ring (bicyclic) bond motifs is 1. The molecule has 0 spiro atoms. The van der Waals surface area contributed by atoms with Crippen molar-refractivity contribution in [2.24, 2.45) is 5.73 Å². The van der Waals surface area contributed by atoms with E-state index in [-0.39, 0.29) is 24.1 Å². The molecule has 0 bridgehead atoms. The first-order valence-electron chi connectivity index (χ1n) is 12.0. The molecular formula is C27H33N5O3. The minimum atomic E-state index is -0.633. The maximum Gasteiger partial charge on any atom is 0.252 e. The van der Waals surface area contributed by atoms with Gasteiger partial charge in [-0.3, -0.25) is 19.2 Å². The standard InChI is InChI=1S/C27H33N5O3/c1-4-19(3)32-25-14-22(21-7-5-20(6-8-21)17-31-9-11-35-12-10-31)13-23(24(25)16-30-32)27(34)29-15-18(2)26(28)33/h5-8,13-14,16,19H,2,4,9-12,15,17H2,1,3H3,(H2,28,33)(H,29,34). The van der Waals surface area contributed by atoms with Crippen LogP contribution in [0.2, 0.25) is 0 Å². The van der Waals surface area contributed by atoms with E-state index in [0.29, 0.717) is 5.56 Å². The number of hydrogen-bond acceptors (Lipinski definition) is 5. The summed E-state index contributed by atoms with van der Waals surface area (Å²) >= 11 is 0. The van der Waals surface area contributed by atoms with Crippen LogP contribution >= 0.6 is 0 Å². The van der Waals surface area contributed by atoms with Crippen molar-refractivity contribution >= 4 is 22.7 Å². The van der Waals surface area contributed by atoms with Crippen molar-refractivity contribution in [2.45, 2.75) is 32.9 Å². The highest BCUT2D eigenvalue weighted by atomic mass is 16.5. The van der Waals surface area contributed by atoms with Crippen LogP contribution in [0.25, 0.3) is 22.0 Å². The number of nitrogens with zero attached hydrogens (tertiary/aromatic N) is 3. The Hall–Kier alpha value is -3.49. The fourth-order valence-electron chi connectivity index (χ4n) is 4.21. The molecule has 1 unspecified atom stereocenters. The zero-order valence-electron chi connectivity index (χ0n) is 20.4. The Labute approximate surface area is 205 Å². The number of benzene rings is 2. The number of rotatable bonds is 9. The van der Waals surface area contributed by atoms with E-state index in [4.69, 9.17) is 10.5 Å². The van der Waals surface area contributed by atoms with Gasteiger partial charge in [-0.15, -0.1) is 0 Å². The second-order valence-electron chi connectivity index (χ2n) is 9.04. The van der Waals surface area contributed by atoms with Gasteiger partial charge < -0.3 is 15.8 Å². The van der Waals surface area contributed by atoms with Crippen molar-refractivity contribution in [1.29, 1.82) is 0 Å². The summed E-state index contributed by atoms with van der Waals surface area (Å²) in [6.07, 6.45) is 2.64. The Kier molecular flexibility index (Phi) is 7.63. The van der Waals surface area contributed by atoms with Gasteiger partial charge in [-0.05, 0) is 42.2 Å². The Balaban J connectivity index is 1.67. The lowest BCUT2D eigenvalue weighted by atomic mass is 9.98. The normalized spacial score (nSPS) is 15.1. The summed E-state index contributed by atoms with van der Waals surface area (Å²) in [6, 6.07) is 12.6. The topological polar surface area (TPSA) is 102 Å². The van der Waals surface area contributed by atoms with Crippen LogP contribution in [-0.2, 0) is 16.1 Å². The van der Waals surface area contributed by atoms with Gasteiger partial charge >= 0.3 is 0 Å². The molecule has 2 amide bonds. The predicted octanol–water partition coefficient (Wildman–Crippen LogP) is 3.28. The van der Waals surface area contributed by atoms with E-state index in [1.165, 1.54) is 5.56 Å². The Morgan fingerprint density at radius 2 is 1.89 bits per heavy atom. The molecule has 0 radical (unpaired) electrons. The molecule has 0 saturated carbocycles. The average molecular weight is 476 g/mol. The number of carbonyl (C=O) groups excluding carboxylic acids is 2. The van der Waals surface area contributed by atoms with E-state index < -0.39 is 5.91 Å². The number of primary amides is 1. The first kappa shape index (κ1) is 24.6. The van der Waals surface area contributed by atoms with Crippen LogP contribution in [0.3, 0.4) is 0 Å². The molecule has 2 aromatic carbocycles. The van der Waals surface area contributed by atoms with Gasteiger partial charge in [0.2, 0.25) is 5.91 Å². The molecule has 184 valence electrons. The number of nitrogens with one attached hydrogen (secondary N) is 1. The zero-order valence-corrected chi connectivity index (χ0v) is 20.4. The SMILES string of the molecule is C=C(CNC(=O)c1cc(-c2ccc(CN3CCOCC3)cc2)cc2c1cnn2C(C)CC)C(N)=O. The van der Waals surface area contributed by atoms with Crippen LogP contribution in [-0.4, -0.2) is 59.3 Å². The highest BCUT2D eigenvalue weighted by Gasteiger charge is 2.19. The smallest absolute Gasteiger partial charge is 0.252 e. The fraction of sp³-hybridized carbons (Fsp3) is 0.370. The van der Waals surface area contributed by atoms with Crippen molar-refractivity contribution in [3.8, 4) is 11.1 Å². The Morgan fingerprint density at radius 3 is 2.54 bits per heavy atom. The summed E-state index contributed by atoms with van der Waals surface area (Å²) in [5.74, 6) is -0.933. The molecule has 1 aliphatic heterocycles. The molecule has 1 aromatic heterocycles. The van der Waals surface area contributed by atoms with Crippen LogP contribution in [0.15, 0.2) is 54.7 Å². The van der Waals surface area contributed by atoms with E-state index >= 15 is 0 Å². The molecule has 4 rings (SSSR count). The molecule has 1 fully saturated rings. The minimum Gasteiger partial charge on any atom is -0.379 e. The molecule has 35 heavy (non-hydrogen) atoms.